The van der Waals surface area contributed by atoms with E-state index in [0.29, 0.717) is 19.3 Å². The zero-order valence-electron chi connectivity index (χ0n) is 40.7. The van der Waals surface area contributed by atoms with Gasteiger partial charge in [0.2, 0.25) is 0 Å². The van der Waals surface area contributed by atoms with Gasteiger partial charge < -0.3 is 15.3 Å². The molecule has 0 aromatic rings. The molecule has 0 aromatic heterocycles. The molecule has 0 rings (SSSR count). The zero-order chi connectivity index (χ0) is 45.5. The molecular formula is C57H98O5. The van der Waals surface area contributed by atoms with E-state index in [0.717, 1.165) is 135 Å². The fourth-order valence-corrected chi connectivity index (χ4v) is 7.81. The van der Waals surface area contributed by atoms with Gasteiger partial charge in [-0.2, -0.15) is 0 Å². The maximum Gasteiger partial charge on any atom is 0.181 e. The second-order valence-electron chi connectivity index (χ2n) is 17.6. The van der Waals surface area contributed by atoms with Crippen LogP contribution in [0.4, 0.5) is 0 Å². The Bertz CT molecular complexity index is 1240. The molecule has 5 nitrogen and oxygen atoms in total. The predicted octanol–water partition coefficient (Wildman–Crippen LogP) is 16.2. The number of unbranched alkanes of at least 4 members (excludes halogenated alkanes) is 22. The van der Waals surface area contributed by atoms with Crippen LogP contribution in [-0.4, -0.2) is 44.7 Å². The van der Waals surface area contributed by atoms with Gasteiger partial charge in [-0.1, -0.05) is 196 Å². The van der Waals surface area contributed by atoms with Crippen LogP contribution >= 0.6 is 0 Å². The predicted molar refractivity (Wildman–Crippen MR) is 270 cm³/mol. The molecule has 0 amide bonds. The summed E-state index contributed by atoms with van der Waals surface area (Å²) in [6, 6.07) is 0. The fourth-order valence-electron chi connectivity index (χ4n) is 7.81. The van der Waals surface area contributed by atoms with E-state index in [1.807, 2.05) is 0 Å². The van der Waals surface area contributed by atoms with Crippen LogP contribution in [0.1, 0.15) is 245 Å². The van der Waals surface area contributed by atoms with Crippen LogP contribution in [0, 0.1) is 0 Å². The molecule has 0 saturated heterocycles. The average molecular weight is 863 g/mol. The van der Waals surface area contributed by atoms with Crippen molar-refractivity contribution in [3.63, 3.8) is 0 Å². The molecule has 0 radical (unpaired) electrons. The molecule has 0 aliphatic heterocycles. The smallest absolute Gasteiger partial charge is 0.181 e. The summed E-state index contributed by atoms with van der Waals surface area (Å²) in [6.45, 7) is 5.66. The van der Waals surface area contributed by atoms with Crippen LogP contribution in [-0.2, 0) is 9.59 Å². The first-order chi connectivity index (χ1) is 30.3. The summed E-state index contributed by atoms with van der Waals surface area (Å²) in [6.07, 6.45) is 64.4. The van der Waals surface area contributed by atoms with Gasteiger partial charge in [-0.3, -0.25) is 9.59 Å². The number of allylic oxidation sites excluding steroid dienone is 14. The van der Waals surface area contributed by atoms with Gasteiger partial charge in [0.25, 0.3) is 0 Å². The highest BCUT2D eigenvalue weighted by atomic mass is 16.4. The minimum atomic E-state index is -2.48. The second-order valence-corrected chi connectivity index (χ2v) is 17.6. The van der Waals surface area contributed by atoms with Crippen molar-refractivity contribution in [3.8, 4) is 0 Å². The van der Waals surface area contributed by atoms with Gasteiger partial charge >= 0.3 is 0 Å². The summed E-state index contributed by atoms with van der Waals surface area (Å²) in [5.41, 5.74) is -4.76. The number of carbonyl (C=O) groups is 2. The Morgan fingerprint density at radius 3 is 1.00 bits per heavy atom. The summed E-state index contributed by atoms with van der Waals surface area (Å²) in [4.78, 5) is 27.4. The Hall–Kier alpha value is -2.60. The van der Waals surface area contributed by atoms with Crippen LogP contribution in [0.2, 0.25) is 0 Å². The first-order valence-corrected chi connectivity index (χ1v) is 26.0. The normalized spacial score (nSPS) is 14.6. The lowest BCUT2D eigenvalue weighted by molar-refractivity contribution is -0.192. The van der Waals surface area contributed by atoms with Crippen molar-refractivity contribution < 1.29 is 24.9 Å². The molecule has 0 aliphatic rings. The van der Waals surface area contributed by atoms with Crippen molar-refractivity contribution in [3.05, 3.63) is 85.1 Å². The van der Waals surface area contributed by atoms with E-state index in [1.54, 1.807) is 0 Å². The zero-order valence-corrected chi connectivity index (χ0v) is 40.7. The fraction of sp³-hybridized carbons (Fsp3) is 0.719. The Labute approximate surface area is 383 Å². The maximum absolute atomic E-state index is 13.8. The van der Waals surface area contributed by atoms with Crippen molar-refractivity contribution in [2.75, 3.05) is 6.61 Å². The number of aliphatic hydroxyl groups excluding tert-OH is 1. The van der Waals surface area contributed by atoms with Crippen molar-refractivity contribution in [2.45, 2.75) is 257 Å². The molecule has 356 valence electrons. The lowest BCUT2D eigenvalue weighted by Gasteiger charge is -2.40. The van der Waals surface area contributed by atoms with Gasteiger partial charge in [-0.05, 0) is 122 Å². The van der Waals surface area contributed by atoms with Crippen LogP contribution in [0.25, 0.3) is 0 Å². The van der Waals surface area contributed by atoms with Crippen molar-refractivity contribution in [1.29, 1.82) is 0 Å². The third-order valence-corrected chi connectivity index (χ3v) is 12.0. The molecule has 0 bridgehead atoms. The van der Waals surface area contributed by atoms with Crippen LogP contribution in [0.15, 0.2) is 85.1 Å². The SMILES string of the molecule is CCC=CCC=CCC=CCCCCCCCCC(O)(C(=O)CCCCCCCC=CCC=CCCCCC)C(O)(CO)C(=O)CCCCCCCC=CCC=CCCCCC. The highest BCUT2D eigenvalue weighted by Gasteiger charge is 2.57. The molecule has 0 heterocycles. The standard InChI is InChI=1S/C57H98O5/c1-4-7-10-13-16-19-22-25-28-31-34-37-40-43-46-49-52-56(61,54(59)50-47-44-41-38-35-32-29-26-23-20-17-14-11-8-5-2)57(62,53-58)55(60)51-48-45-42-39-36-33-30-27-24-21-18-15-12-9-6-3/h7,10,16-21,25-30,58,61-62H,4-6,8-9,11-15,22-24,31-53H2,1-3H3. The molecule has 0 aliphatic carbocycles. The minimum Gasteiger partial charge on any atom is -0.393 e. The summed E-state index contributed by atoms with van der Waals surface area (Å²) in [5, 5.41) is 34.2. The minimum absolute atomic E-state index is 0.0123. The van der Waals surface area contributed by atoms with Crippen LogP contribution in [0.5, 0.6) is 0 Å². The monoisotopic (exact) mass is 863 g/mol. The van der Waals surface area contributed by atoms with E-state index in [9.17, 15) is 24.9 Å². The average Bonchev–Trinajstić information content (AvgIpc) is 3.28. The first-order valence-electron chi connectivity index (χ1n) is 26.0. The molecule has 0 fully saturated rings. The number of carbonyl (C=O) groups excluding carboxylic acids is 2. The Morgan fingerprint density at radius 2 is 0.645 bits per heavy atom. The number of Topliss-reactive ketones (excluding diaryl/α,β-unsaturated/α-hetero) is 2. The number of ketones is 2. The summed E-state index contributed by atoms with van der Waals surface area (Å²) < 4.78 is 0. The molecular weight excluding hydrogens is 765 g/mol. The number of aliphatic hydroxyl groups is 3. The molecule has 3 N–H and O–H groups in total. The van der Waals surface area contributed by atoms with Gasteiger partial charge in [0.1, 0.15) is 0 Å². The Balaban J connectivity index is 4.93. The quantitative estimate of drug-likeness (QED) is 0.0419. The second kappa shape index (κ2) is 45.0. The summed E-state index contributed by atoms with van der Waals surface area (Å²) >= 11 is 0. The number of hydrogen-bond acceptors (Lipinski definition) is 5. The van der Waals surface area contributed by atoms with Crippen LogP contribution in [0.3, 0.4) is 0 Å². The highest BCUT2D eigenvalue weighted by molar-refractivity contribution is 5.99. The molecule has 0 saturated carbocycles. The third kappa shape index (κ3) is 33.0. The van der Waals surface area contributed by atoms with Crippen LogP contribution < -0.4 is 0 Å². The lowest BCUT2D eigenvalue weighted by Crippen LogP contribution is -2.65. The van der Waals surface area contributed by atoms with Gasteiger partial charge in [0.15, 0.2) is 22.8 Å². The molecule has 62 heavy (non-hydrogen) atoms. The maximum atomic E-state index is 13.8. The first kappa shape index (κ1) is 59.4. The summed E-state index contributed by atoms with van der Waals surface area (Å²) in [5.74, 6) is -1.12. The largest absolute Gasteiger partial charge is 0.393 e. The van der Waals surface area contributed by atoms with Gasteiger partial charge in [0.05, 0.1) is 6.61 Å². The number of hydrogen-bond donors (Lipinski definition) is 3. The van der Waals surface area contributed by atoms with Gasteiger partial charge in [0, 0.05) is 12.8 Å². The molecule has 5 heteroatoms. The van der Waals surface area contributed by atoms with E-state index in [-0.39, 0.29) is 19.3 Å². The van der Waals surface area contributed by atoms with Crippen molar-refractivity contribution in [1.82, 2.24) is 0 Å². The van der Waals surface area contributed by atoms with Crippen molar-refractivity contribution in [2.24, 2.45) is 0 Å². The molecule has 0 aromatic carbocycles. The number of rotatable bonds is 46. The Kier molecular flexibility index (Phi) is 43.1. The third-order valence-electron chi connectivity index (χ3n) is 12.0. The van der Waals surface area contributed by atoms with Gasteiger partial charge in [-0.15, -0.1) is 0 Å². The molecule has 2 atom stereocenters. The lowest BCUT2D eigenvalue weighted by atomic mass is 9.71. The Morgan fingerprint density at radius 1 is 0.355 bits per heavy atom. The molecule has 2 unspecified atom stereocenters. The van der Waals surface area contributed by atoms with E-state index < -0.39 is 29.4 Å². The van der Waals surface area contributed by atoms with E-state index in [4.69, 9.17) is 0 Å². The van der Waals surface area contributed by atoms with E-state index in [1.165, 1.54) is 51.4 Å². The highest BCUT2D eigenvalue weighted by Crippen LogP contribution is 2.34. The van der Waals surface area contributed by atoms with E-state index in [2.05, 4.69) is 106 Å². The van der Waals surface area contributed by atoms with Gasteiger partial charge in [-0.25, -0.2) is 0 Å². The topological polar surface area (TPSA) is 94.8 Å². The molecule has 0 spiro atoms. The van der Waals surface area contributed by atoms with Crippen molar-refractivity contribution >= 4 is 11.6 Å². The summed E-state index contributed by atoms with van der Waals surface area (Å²) in [7, 11) is 0. The van der Waals surface area contributed by atoms with E-state index >= 15 is 0 Å².